The highest BCUT2D eigenvalue weighted by atomic mass is 79.9. The van der Waals surface area contributed by atoms with Crippen LogP contribution in [0.3, 0.4) is 0 Å². The fourth-order valence-corrected chi connectivity index (χ4v) is 2.63. The van der Waals surface area contributed by atoms with Gasteiger partial charge in [0.15, 0.2) is 0 Å². The molecule has 1 aliphatic rings. The highest BCUT2D eigenvalue weighted by Crippen LogP contribution is 2.48. The summed E-state index contributed by atoms with van der Waals surface area (Å²) in [6, 6.07) is 4.83. The van der Waals surface area contributed by atoms with Gasteiger partial charge in [0.05, 0.1) is 0 Å². The first-order chi connectivity index (χ1) is 8.65. The zero-order valence-corrected chi connectivity index (χ0v) is 12.2. The van der Waals surface area contributed by atoms with Crippen molar-refractivity contribution >= 4 is 15.9 Å². The van der Waals surface area contributed by atoms with Crippen LogP contribution >= 0.6 is 15.9 Å². The molecule has 0 aliphatic heterocycles. The van der Waals surface area contributed by atoms with Gasteiger partial charge in [-0.15, -0.1) is 0 Å². The van der Waals surface area contributed by atoms with E-state index >= 15 is 0 Å². The molecule has 1 N–H and O–H groups in total. The van der Waals surface area contributed by atoms with E-state index in [-0.39, 0.29) is 5.82 Å². The van der Waals surface area contributed by atoms with E-state index in [1.807, 2.05) is 6.07 Å². The molecule has 2 rings (SSSR count). The molecule has 18 heavy (non-hydrogen) atoms. The second-order valence-electron chi connectivity index (χ2n) is 5.08. The van der Waals surface area contributed by atoms with E-state index < -0.39 is 0 Å². The molecule has 1 fully saturated rings. The van der Waals surface area contributed by atoms with Gasteiger partial charge in [0, 0.05) is 31.3 Å². The van der Waals surface area contributed by atoms with Gasteiger partial charge < -0.3 is 10.1 Å². The number of ether oxygens (including phenoxy) is 1. The largest absolute Gasteiger partial charge is 0.385 e. The maximum absolute atomic E-state index is 12.9. The van der Waals surface area contributed by atoms with Crippen molar-refractivity contribution in [2.75, 3.05) is 20.3 Å². The monoisotopic (exact) mass is 315 g/mol. The molecule has 100 valence electrons. The Bertz CT molecular complexity index is 407. The van der Waals surface area contributed by atoms with Crippen molar-refractivity contribution < 1.29 is 9.13 Å². The smallest absolute Gasteiger partial charge is 0.124 e. The summed E-state index contributed by atoms with van der Waals surface area (Å²) in [7, 11) is 1.75. The first-order valence-electron chi connectivity index (χ1n) is 6.29. The lowest BCUT2D eigenvalue weighted by Gasteiger charge is -2.16. The van der Waals surface area contributed by atoms with E-state index in [1.165, 1.54) is 25.0 Å². The average Bonchev–Trinajstić information content (AvgIpc) is 3.10. The van der Waals surface area contributed by atoms with Gasteiger partial charge in [0.25, 0.3) is 0 Å². The molecule has 1 saturated carbocycles. The summed E-state index contributed by atoms with van der Waals surface area (Å²) in [4.78, 5) is 0. The third-order valence-corrected chi connectivity index (χ3v) is 4.36. The third kappa shape index (κ3) is 3.77. The van der Waals surface area contributed by atoms with Crippen molar-refractivity contribution in [3.63, 3.8) is 0 Å². The summed E-state index contributed by atoms with van der Waals surface area (Å²) < 4.78 is 18.9. The van der Waals surface area contributed by atoms with E-state index in [9.17, 15) is 4.39 Å². The first-order valence-corrected chi connectivity index (χ1v) is 7.08. The van der Waals surface area contributed by atoms with E-state index in [4.69, 9.17) is 4.74 Å². The lowest BCUT2D eigenvalue weighted by atomic mass is 10.0. The van der Waals surface area contributed by atoms with Gasteiger partial charge in [-0.05, 0) is 42.4 Å². The zero-order chi connectivity index (χ0) is 13.0. The molecule has 0 radical (unpaired) electrons. The SMILES string of the molecule is COCCC1(CNCc2ccc(F)cc2Br)CC1. The quantitative estimate of drug-likeness (QED) is 0.831. The highest BCUT2D eigenvalue weighted by Gasteiger charge is 2.41. The predicted molar refractivity (Wildman–Crippen MR) is 74.0 cm³/mol. The van der Waals surface area contributed by atoms with Crippen molar-refractivity contribution in [2.45, 2.75) is 25.8 Å². The Hall–Kier alpha value is -0.450. The molecule has 1 aliphatic carbocycles. The Morgan fingerprint density at radius 3 is 2.83 bits per heavy atom. The van der Waals surface area contributed by atoms with Gasteiger partial charge in [0.2, 0.25) is 0 Å². The minimum atomic E-state index is -0.204. The molecular formula is C14H19BrFNO. The van der Waals surface area contributed by atoms with Gasteiger partial charge in [-0.25, -0.2) is 4.39 Å². The van der Waals surface area contributed by atoms with Crippen LogP contribution in [0.5, 0.6) is 0 Å². The van der Waals surface area contributed by atoms with Crippen LogP contribution in [0, 0.1) is 11.2 Å². The Morgan fingerprint density at radius 2 is 2.22 bits per heavy atom. The molecule has 0 bridgehead atoms. The summed E-state index contributed by atoms with van der Waals surface area (Å²) in [5.74, 6) is -0.204. The molecule has 0 spiro atoms. The van der Waals surface area contributed by atoms with E-state index in [0.29, 0.717) is 5.41 Å². The summed E-state index contributed by atoms with van der Waals surface area (Å²) >= 11 is 3.39. The lowest BCUT2D eigenvalue weighted by molar-refractivity contribution is 0.171. The van der Waals surface area contributed by atoms with Crippen molar-refractivity contribution in [1.82, 2.24) is 5.32 Å². The van der Waals surface area contributed by atoms with Gasteiger partial charge in [-0.1, -0.05) is 22.0 Å². The topological polar surface area (TPSA) is 21.3 Å². The zero-order valence-electron chi connectivity index (χ0n) is 10.6. The second kappa shape index (κ2) is 6.13. The Morgan fingerprint density at radius 1 is 1.44 bits per heavy atom. The number of methoxy groups -OCH3 is 1. The first kappa shape index (κ1) is 14.0. The van der Waals surface area contributed by atoms with Gasteiger partial charge in [-0.3, -0.25) is 0 Å². The maximum atomic E-state index is 12.9. The number of benzene rings is 1. The highest BCUT2D eigenvalue weighted by molar-refractivity contribution is 9.10. The van der Waals surface area contributed by atoms with Crippen LogP contribution in [0.15, 0.2) is 22.7 Å². The molecule has 0 unspecified atom stereocenters. The summed E-state index contributed by atoms with van der Waals surface area (Å²) in [6.45, 7) is 2.62. The van der Waals surface area contributed by atoms with E-state index in [2.05, 4.69) is 21.2 Å². The molecule has 0 heterocycles. The minimum absolute atomic E-state index is 0.204. The summed E-state index contributed by atoms with van der Waals surface area (Å²) in [5.41, 5.74) is 1.54. The van der Waals surface area contributed by atoms with Crippen LogP contribution < -0.4 is 5.32 Å². The number of nitrogens with one attached hydrogen (secondary N) is 1. The standard InChI is InChI=1S/C14H19BrFNO/c1-18-7-6-14(4-5-14)10-17-9-11-2-3-12(16)8-13(11)15/h2-3,8,17H,4-7,9-10H2,1H3. The molecule has 0 saturated heterocycles. The second-order valence-corrected chi connectivity index (χ2v) is 5.94. The minimum Gasteiger partial charge on any atom is -0.385 e. The number of hydrogen-bond donors (Lipinski definition) is 1. The van der Waals surface area contributed by atoms with Gasteiger partial charge in [-0.2, -0.15) is 0 Å². The van der Waals surface area contributed by atoms with Crippen molar-refractivity contribution in [2.24, 2.45) is 5.41 Å². The Labute approximate surface area is 116 Å². The van der Waals surface area contributed by atoms with Crippen LogP contribution in [-0.4, -0.2) is 20.3 Å². The fourth-order valence-electron chi connectivity index (χ4n) is 2.14. The number of rotatable bonds is 7. The van der Waals surface area contributed by atoms with Crippen molar-refractivity contribution in [1.29, 1.82) is 0 Å². The Balaban J connectivity index is 1.78. The van der Waals surface area contributed by atoms with Crippen LogP contribution in [0.1, 0.15) is 24.8 Å². The molecule has 1 aromatic rings. The Kier molecular flexibility index (Phi) is 4.76. The van der Waals surface area contributed by atoms with E-state index in [0.717, 1.165) is 36.2 Å². The predicted octanol–water partition coefficient (Wildman–Crippen LogP) is 3.49. The van der Waals surface area contributed by atoms with Gasteiger partial charge in [0.1, 0.15) is 5.82 Å². The van der Waals surface area contributed by atoms with Crippen LogP contribution in [0.2, 0.25) is 0 Å². The lowest BCUT2D eigenvalue weighted by Crippen LogP contribution is -2.24. The molecule has 2 nitrogen and oxygen atoms in total. The molecular weight excluding hydrogens is 297 g/mol. The average molecular weight is 316 g/mol. The fraction of sp³-hybridized carbons (Fsp3) is 0.571. The molecule has 4 heteroatoms. The van der Waals surface area contributed by atoms with Crippen molar-refractivity contribution in [3.05, 3.63) is 34.1 Å². The third-order valence-electron chi connectivity index (χ3n) is 3.62. The molecule has 0 atom stereocenters. The molecule has 1 aromatic carbocycles. The normalized spacial score (nSPS) is 16.8. The number of hydrogen-bond acceptors (Lipinski definition) is 2. The molecule has 0 aromatic heterocycles. The maximum Gasteiger partial charge on any atom is 0.124 e. The van der Waals surface area contributed by atoms with Crippen molar-refractivity contribution in [3.8, 4) is 0 Å². The number of halogens is 2. The molecule has 0 amide bonds. The summed E-state index contributed by atoms with van der Waals surface area (Å²) in [5, 5.41) is 3.47. The van der Waals surface area contributed by atoms with Crippen LogP contribution in [0.4, 0.5) is 4.39 Å². The van der Waals surface area contributed by atoms with Crippen LogP contribution in [0.25, 0.3) is 0 Å². The van der Waals surface area contributed by atoms with E-state index in [1.54, 1.807) is 7.11 Å². The van der Waals surface area contributed by atoms with Crippen LogP contribution in [-0.2, 0) is 11.3 Å². The summed E-state index contributed by atoms with van der Waals surface area (Å²) in [6.07, 6.45) is 3.70. The van der Waals surface area contributed by atoms with Gasteiger partial charge >= 0.3 is 0 Å².